The first-order chi connectivity index (χ1) is 6.69. The Labute approximate surface area is 90.2 Å². The molecule has 1 aromatic carbocycles. The van der Waals surface area contributed by atoms with Gasteiger partial charge < -0.3 is 9.53 Å². The lowest BCUT2D eigenvalue weighted by atomic mass is 10.1. The lowest BCUT2D eigenvalue weighted by Crippen LogP contribution is -2.00. The molecule has 0 amide bonds. The summed E-state index contributed by atoms with van der Waals surface area (Å²) in [7, 11) is 0. The van der Waals surface area contributed by atoms with Gasteiger partial charge in [-0.3, -0.25) is 0 Å². The number of carbonyl (C=O) groups excluding carboxylic acids is 1. The molecule has 0 radical (unpaired) electrons. The van der Waals surface area contributed by atoms with Crippen LogP contribution in [0.4, 0.5) is 4.39 Å². The third kappa shape index (κ3) is 2.54. The highest BCUT2D eigenvalue weighted by Gasteiger charge is 2.10. The van der Waals surface area contributed by atoms with Crippen molar-refractivity contribution < 1.29 is 13.9 Å². The fraction of sp³-hybridized carbons (Fsp3) is 0.300. The number of halogens is 2. The first-order valence-corrected chi connectivity index (χ1v) is 5.02. The number of ether oxygens (including phenoxy) is 1. The van der Waals surface area contributed by atoms with Crippen LogP contribution in [0.1, 0.15) is 12.5 Å². The molecule has 0 fully saturated rings. The number of hydrogen-bond donors (Lipinski definition) is 0. The van der Waals surface area contributed by atoms with Crippen LogP contribution < -0.4 is 4.74 Å². The molecule has 1 aromatic rings. The molecule has 0 unspecified atom stereocenters. The SMILES string of the molecule is CCOc1c(F)cc(Br)cc1CC=O. The smallest absolute Gasteiger partial charge is 0.166 e. The molecule has 14 heavy (non-hydrogen) atoms. The molecule has 0 spiro atoms. The van der Waals surface area contributed by atoms with Crippen molar-refractivity contribution in [3.05, 3.63) is 28.0 Å². The number of rotatable bonds is 4. The van der Waals surface area contributed by atoms with E-state index in [4.69, 9.17) is 4.74 Å². The van der Waals surface area contributed by atoms with Gasteiger partial charge in [-0.15, -0.1) is 0 Å². The number of benzene rings is 1. The molecule has 4 heteroatoms. The average Bonchev–Trinajstić information content (AvgIpc) is 2.11. The van der Waals surface area contributed by atoms with Gasteiger partial charge in [-0.1, -0.05) is 15.9 Å². The Morgan fingerprint density at radius 1 is 1.57 bits per heavy atom. The van der Waals surface area contributed by atoms with Gasteiger partial charge in [0.1, 0.15) is 6.29 Å². The highest BCUT2D eigenvalue weighted by atomic mass is 79.9. The molecule has 0 aliphatic heterocycles. The fourth-order valence-corrected chi connectivity index (χ4v) is 1.64. The molecule has 0 N–H and O–H groups in total. The van der Waals surface area contributed by atoms with Gasteiger partial charge >= 0.3 is 0 Å². The van der Waals surface area contributed by atoms with Crippen molar-refractivity contribution in [2.24, 2.45) is 0 Å². The van der Waals surface area contributed by atoms with E-state index in [2.05, 4.69) is 15.9 Å². The van der Waals surface area contributed by atoms with Crippen molar-refractivity contribution in [3.63, 3.8) is 0 Å². The first-order valence-electron chi connectivity index (χ1n) is 4.23. The van der Waals surface area contributed by atoms with Gasteiger partial charge in [0.05, 0.1) is 6.61 Å². The van der Waals surface area contributed by atoms with Gasteiger partial charge in [0.25, 0.3) is 0 Å². The third-order valence-corrected chi connectivity index (χ3v) is 2.14. The van der Waals surface area contributed by atoms with Crippen LogP contribution in [0.2, 0.25) is 0 Å². The molecule has 2 nitrogen and oxygen atoms in total. The van der Waals surface area contributed by atoms with Crippen LogP contribution in [-0.4, -0.2) is 12.9 Å². The molecule has 0 heterocycles. The quantitative estimate of drug-likeness (QED) is 0.779. The molecule has 0 saturated heterocycles. The summed E-state index contributed by atoms with van der Waals surface area (Å²) in [6, 6.07) is 3.00. The average molecular weight is 261 g/mol. The monoisotopic (exact) mass is 260 g/mol. The molecule has 0 saturated carbocycles. The predicted molar refractivity (Wildman–Crippen MR) is 55.0 cm³/mol. The molecule has 0 aromatic heterocycles. The van der Waals surface area contributed by atoms with E-state index >= 15 is 0 Å². The zero-order chi connectivity index (χ0) is 10.6. The van der Waals surface area contributed by atoms with E-state index < -0.39 is 5.82 Å². The highest BCUT2D eigenvalue weighted by molar-refractivity contribution is 9.10. The minimum atomic E-state index is -0.446. The van der Waals surface area contributed by atoms with Crippen molar-refractivity contribution in [1.29, 1.82) is 0 Å². The summed E-state index contributed by atoms with van der Waals surface area (Å²) >= 11 is 3.16. The maximum absolute atomic E-state index is 13.4. The van der Waals surface area contributed by atoms with Gasteiger partial charge in [-0.05, 0) is 19.1 Å². The molecule has 76 valence electrons. The van der Waals surface area contributed by atoms with E-state index in [1.807, 2.05) is 0 Å². The summed E-state index contributed by atoms with van der Waals surface area (Å²) < 4.78 is 19.1. The van der Waals surface area contributed by atoms with Gasteiger partial charge in [0, 0.05) is 16.5 Å². The van der Waals surface area contributed by atoms with Gasteiger partial charge in [-0.2, -0.15) is 0 Å². The summed E-state index contributed by atoms with van der Waals surface area (Å²) in [5.41, 5.74) is 0.564. The second kappa shape index (κ2) is 5.10. The van der Waals surface area contributed by atoms with Crippen molar-refractivity contribution >= 4 is 22.2 Å². The summed E-state index contributed by atoms with van der Waals surface area (Å²) in [6.07, 6.45) is 0.884. The lowest BCUT2D eigenvalue weighted by Gasteiger charge is -2.09. The largest absolute Gasteiger partial charge is 0.491 e. The van der Waals surface area contributed by atoms with Crippen LogP contribution in [0, 0.1) is 5.82 Å². The lowest BCUT2D eigenvalue weighted by molar-refractivity contribution is -0.107. The third-order valence-electron chi connectivity index (χ3n) is 1.68. The van der Waals surface area contributed by atoms with Crippen LogP contribution in [-0.2, 0) is 11.2 Å². The second-order valence-corrected chi connectivity index (χ2v) is 3.60. The number of carbonyl (C=O) groups is 1. The summed E-state index contributed by atoms with van der Waals surface area (Å²) in [6.45, 7) is 2.15. The van der Waals surface area contributed by atoms with E-state index in [9.17, 15) is 9.18 Å². The number of aldehydes is 1. The van der Waals surface area contributed by atoms with E-state index in [1.54, 1.807) is 13.0 Å². The zero-order valence-corrected chi connectivity index (χ0v) is 9.30. The van der Waals surface area contributed by atoms with Gasteiger partial charge in [-0.25, -0.2) is 4.39 Å². The minimum absolute atomic E-state index is 0.158. The summed E-state index contributed by atoms with van der Waals surface area (Å²) in [4.78, 5) is 10.4. The molecular weight excluding hydrogens is 251 g/mol. The Morgan fingerprint density at radius 3 is 2.86 bits per heavy atom. The maximum atomic E-state index is 13.4. The number of hydrogen-bond acceptors (Lipinski definition) is 2. The van der Waals surface area contributed by atoms with Crippen molar-refractivity contribution in [3.8, 4) is 5.75 Å². The molecule has 0 atom stereocenters. The highest BCUT2D eigenvalue weighted by Crippen LogP contribution is 2.27. The van der Waals surface area contributed by atoms with E-state index in [0.717, 1.165) is 6.29 Å². The van der Waals surface area contributed by atoms with Crippen molar-refractivity contribution in [1.82, 2.24) is 0 Å². The molecule has 0 aliphatic carbocycles. The Hall–Kier alpha value is -0.900. The van der Waals surface area contributed by atoms with Crippen LogP contribution in [0.15, 0.2) is 16.6 Å². The van der Waals surface area contributed by atoms with Gasteiger partial charge in [0.15, 0.2) is 11.6 Å². The second-order valence-electron chi connectivity index (χ2n) is 2.68. The van der Waals surface area contributed by atoms with Crippen molar-refractivity contribution in [2.75, 3.05) is 6.61 Å². The van der Waals surface area contributed by atoms with Crippen molar-refractivity contribution in [2.45, 2.75) is 13.3 Å². The maximum Gasteiger partial charge on any atom is 0.166 e. The van der Waals surface area contributed by atoms with E-state index in [-0.39, 0.29) is 12.2 Å². The normalized spacial score (nSPS) is 9.93. The summed E-state index contributed by atoms with van der Waals surface area (Å²) in [5, 5.41) is 0. The van der Waals surface area contributed by atoms with Gasteiger partial charge in [0.2, 0.25) is 0 Å². The molecule has 0 bridgehead atoms. The Kier molecular flexibility index (Phi) is 4.07. The van der Waals surface area contributed by atoms with Crippen LogP contribution in [0.5, 0.6) is 5.75 Å². The Balaban J connectivity index is 3.13. The standard InChI is InChI=1S/C10H10BrFO2/c1-2-14-10-7(3-4-13)5-8(11)6-9(10)12/h4-6H,2-3H2,1H3. The van der Waals surface area contributed by atoms with Crippen LogP contribution in [0.3, 0.4) is 0 Å². The van der Waals surface area contributed by atoms with E-state index in [1.165, 1.54) is 6.07 Å². The summed E-state index contributed by atoms with van der Waals surface area (Å²) in [5.74, 6) is -0.277. The Bertz CT molecular complexity index is 339. The van der Waals surface area contributed by atoms with Crippen LogP contribution >= 0.6 is 15.9 Å². The zero-order valence-electron chi connectivity index (χ0n) is 7.72. The topological polar surface area (TPSA) is 26.3 Å². The predicted octanol–water partition coefficient (Wildman–Crippen LogP) is 2.73. The minimum Gasteiger partial charge on any atom is -0.491 e. The Morgan fingerprint density at radius 2 is 2.29 bits per heavy atom. The molecule has 1 rings (SSSR count). The molecule has 0 aliphatic rings. The molecular formula is C10H10BrFO2. The fourth-order valence-electron chi connectivity index (χ4n) is 1.16. The first kappa shape index (κ1) is 11.2. The van der Waals surface area contributed by atoms with Crippen LogP contribution in [0.25, 0.3) is 0 Å². The van der Waals surface area contributed by atoms with E-state index in [0.29, 0.717) is 16.6 Å².